The lowest BCUT2D eigenvalue weighted by molar-refractivity contribution is -0.139. The lowest BCUT2D eigenvalue weighted by Gasteiger charge is -2.33. The van der Waals surface area contributed by atoms with Gasteiger partial charge in [-0.05, 0) is 67.6 Å². The number of aromatic hydroxyl groups is 1. The van der Waals surface area contributed by atoms with Crippen LogP contribution in [0.4, 0.5) is 0 Å². The SMILES string of the molecule is COc1ccc(OC(C)C(=O)N2CCC(c3ccc(O)cc3)CC2)cc1. The molecule has 1 atom stereocenters. The van der Waals surface area contributed by atoms with Crippen molar-refractivity contribution in [2.75, 3.05) is 20.2 Å². The molecule has 1 N–H and O–H groups in total. The van der Waals surface area contributed by atoms with Crippen LogP contribution in [0.3, 0.4) is 0 Å². The second-order valence-electron chi connectivity index (χ2n) is 6.63. The summed E-state index contributed by atoms with van der Waals surface area (Å²) < 4.78 is 10.9. The molecule has 0 radical (unpaired) electrons. The fraction of sp³-hybridized carbons (Fsp3) is 0.381. The van der Waals surface area contributed by atoms with Gasteiger partial charge in [0.25, 0.3) is 5.91 Å². The number of phenols is 1. The predicted molar refractivity (Wildman–Crippen MR) is 99.7 cm³/mol. The van der Waals surface area contributed by atoms with Crippen LogP contribution in [-0.4, -0.2) is 42.2 Å². The molecule has 1 fully saturated rings. The van der Waals surface area contributed by atoms with Gasteiger partial charge in [-0.1, -0.05) is 12.1 Å². The number of benzene rings is 2. The number of carbonyl (C=O) groups is 1. The summed E-state index contributed by atoms with van der Waals surface area (Å²) in [7, 11) is 1.61. The maximum Gasteiger partial charge on any atom is 0.263 e. The summed E-state index contributed by atoms with van der Waals surface area (Å²) in [5, 5.41) is 9.41. The van der Waals surface area contributed by atoms with Crippen LogP contribution in [0.5, 0.6) is 17.2 Å². The largest absolute Gasteiger partial charge is 0.508 e. The van der Waals surface area contributed by atoms with E-state index in [9.17, 15) is 9.90 Å². The zero-order valence-corrected chi connectivity index (χ0v) is 15.2. The van der Waals surface area contributed by atoms with Gasteiger partial charge in [0.1, 0.15) is 17.2 Å². The maximum atomic E-state index is 12.7. The highest BCUT2D eigenvalue weighted by Gasteiger charge is 2.27. The van der Waals surface area contributed by atoms with Gasteiger partial charge >= 0.3 is 0 Å². The Morgan fingerprint density at radius 2 is 1.62 bits per heavy atom. The number of piperidine rings is 1. The lowest BCUT2D eigenvalue weighted by atomic mass is 9.89. The Morgan fingerprint density at radius 3 is 2.19 bits per heavy atom. The Balaban J connectivity index is 1.52. The number of hydrogen-bond acceptors (Lipinski definition) is 4. The number of amides is 1. The first-order valence-electron chi connectivity index (χ1n) is 8.95. The van der Waals surface area contributed by atoms with Gasteiger partial charge in [-0.3, -0.25) is 4.79 Å². The topological polar surface area (TPSA) is 59.0 Å². The second kappa shape index (κ2) is 8.13. The highest BCUT2D eigenvalue weighted by Crippen LogP contribution is 2.29. The van der Waals surface area contributed by atoms with E-state index in [4.69, 9.17) is 9.47 Å². The van der Waals surface area contributed by atoms with Crippen molar-refractivity contribution in [2.24, 2.45) is 0 Å². The zero-order valence-electron chi connectivity index (χ0n) is 15.2. The summed E-state index contributed by atoms with van der Waals surface area (Å²) in [6.45, 7) is 3.24. The van der Waals surface area contributed by atoms with Gasteiger partial charge in [0, 0.05) is 13.1 Å². The van der Waals surface area contributed by atoms with Crippen LogP contribution in [0.15, 0.2) is 48.5 Å². The molecule has 2 aromatic carbocycles. The molecule has 1 unspecified atom stereocenters. The van der Waals surface area contributed by atoms with Crippen LogP contribution in [0.1, 0.15) is 31.2 Å². The van der Waals surface area contributed by atoms with Gasteiger partial charge < -0.3 is 19.5 Å². The Morgan fingerprint density at radius 1 is 1.04 bits per heavy atom. The quantitative estimate of drug-likeness (QED) is 0.891. The van der Waals surface area contributed by atoms with Crippen molar-refractivity contribution in [1.29, 1.82) is 0 Å². The molecule has 1 heterocycles. The first-order chi connectivity index (χ1) is 12.6. The molecule has 0 aliphatic carbocycles. The molecule has 5 heteroatoms. The molecule has 0 saturated carbocycles. The van der Waals surface area contributed by atoms with Gasteiger partial charge in [-0.15, -0.1) is 0 Å². The molecule has 0 aromatic heterocycles. The van der Waals surface area contributed by atoms with Crippen LogP contribution in [0, 0.1) is 0 Å². The van der Waals surface area contributed by atoms with Crippen molar-refractivity contribution >= 4 is 5.91 Å². The average molecular weight is 355 g/mol. The van der Waals surface area contributed by atoms with E-state index < -0.39 is 6.10 Å². The van der Waals surface area contributed by atoms with Crippen molar-refractivity contribution < 1.29 is 19.4 Å². The average Bonchev–Trinajstić information content (AvgIpc) is 2.69. The molecule has 1 saturated heterocycles. The number of rotatable bonds is 5. The molecule has 1 aliphatic rings. The van der Waals surface area contributed by atoms with E-state index in [1.807, 2.05) is 29.2 Å². The van der Waals surface area contributed by atoms with Crippen molar-refractivity contribution in [2.45, 2.75) is 31.8 Å². The fourth-order valence-corrected chi connectivity index (χ4v) is 3.35. The molecule has 26 heavy (non-hydrogen) atoms. The van der Waals surface area contributed by atoms with Crippen molar-refractivity contribution in [3.63, 3.8) is 0 Å². The third kappa shape index (κ3) is 4.28. The summed E-state index contributed by atoms with van der Waals surface area (Å²) in [5.41, 5.74) is 1.22. The number of likely N-dealkylation sites (tertiary alicyclic amines) is 1. The number of carbonyl (C=O) groups excluding carboxylic acids is 1. The van der Waals surface area contributed by atoms with Crippen molar-refractivity contribution in [1.82, 2.24) is 4.90 Å². The molecule has 1 aliphatic heterocycles. The normalized spacial score (nSPS) is 16.2. The highest BCUT2D eigenvalue weighted by molar-refractivity contribution is 5.81. The number of hydrogen-bond donors (Lipinski definition) is 1. The van der Waals surface area contributed by atoms with E-state index in [1.54, 1.807) is 38.3 Å². The van der Waals surface area contributed by atoms with E-state index in [0.29, 0.717) is 11.7 Å². The number of nitrogens with zero attached hydrogens (tertiary/aromatic N) is 1. The molecule has 3 rings (SSSR count). The molecule has 138 valence electrons. The number of ether oxygens (including phenoxy) is 2. The van der Waals surface area contributed by atoms with Gasteiger partial charge in [0.15, 0.2) is 6.10 Å². The van der Waals surface area contributed by atoms with E-state index in [0.717, 1.165) is 31.7 Å². The smallest absolute Gasteiger partial charge is 0.263 e. The maximum absolute atomic E-state index is 12.7. The first kappa shape index (κ1) is 18.1. The van der Waals surface area contributed by atoms with Gasteiger partial charge in [0.2, 0.25) is 0 Å². The molecular formula is C21H25NO4. The number of methoxy groups -OCH3 is 1. The van der Waals surface area contributed by atoms with E-state index >= 15 is 0 Å². The molecule has 5 nitrogen and oxygen atoms in total. The van der Waals surface area contributed by atoms with Crippen LogP contribution in [0.25, 0.3) is 0 Å². The lowest BCUT2D eigenvalue weighted by Crippen LogP contribution is -2.44. The summed E-state index contributed by atoms with van der Waals surface area (Å²) in [6, 6.07) is 14.6. The number of phenolic OH excluding ortho intramolecular Hbond substituents is 1. The summed E-state index contributed by atoms with van der Waals surface area (Å²) in [6.07, 6.45) is 1.32. The van der Waals surface area contributed by atoms with Crippen molar-refractivity contribution in [3.05, 3.63) is 54.1 Å². The van der Waals surface area contributed by atoms with E-state index in [-0.39, 0.29) is 11.7 Å². The van der Waals surface area contributed by atoms with Gasteiger partial charge in [-0.25, -0.2) is 0 Å². The Bertz CT molecular complexity index is 719. The minimum atomic E-state index is -0.520. The highest BCUT2D eigenvalue weighted by atomic mass is 16.5. The summed E-state index contributed by atoms with van der Waals surface area (Å²) in [4.78, 5) is 14.5. The first-order valence-corrected chi connectivity index (χ1v) is 8.95. The minimum absolute atomic E-state index is 0.0185. The molecule has 0 spiro atoms. The van der Waals surface area contributed by atoms with E-state index in [1.165, 1.54) is 5.56 Å². The minimum Gasteiger partial charge on any atom is -0.508 e. The third-order valence-corrected chi connectivity index (χ3v) is 4.89. The van der Waals surface area contributed by atoms with E-state index in [2.05, 4.69) is 0 Å². The van der Waals surface area contributed by atoms with Crippen LogP contribution >= 0.6 is 0 Å². The monoisotopic (exact) mass is 355 g/mol. The molecule has 2 aromatic rings. The van der Waals surface area contributed by atoms with Crippen LogP contribution < -0.4 is 9.47 Å². The second-order valence-corrected chi connectivity index (χ2v) is 6.63. The zero-order chi connectivity index (χ0) is 18.5. The Hall–Kier alpha value is -2.69. The fourth-order valence-electron chi connectivity index (χ4n) is 3.35. The van der Waals surface area contributed by atoms with Gasteiger partial charge in [-0.2, -0.15) is 0 Å². The van der Waals surface area contributed by atoms with Crippen LogP contribution in [-0.2, 0) is 4.79 Å². The standard InChI is InChI=1S/C21H25NO4/c1-15(26-20-9-7-19(25-2)8-10-20)21(24)22-13-11-17(12-14-22)16-3-5-18(23)6-4-16/h3-10,15,17,23H,11-14H2,1-2H3. The predicted octanol–water partition coefficient (Wildman–Crippen LogP) is 3.57. The molecule has 0 bridgehead atoms. The molecule has 1 amide bonds. The van der Waals surface area contributed by atoms with Crippen molar-refractivity contribution in [3.8, 4) is 17.2 Å². The Kier molecular flexibility index (Phi) is 5.66. The summed E-state index contributed by atoms with van der Waals surface area (Å²) in [5.74, 6) is 2.14. The van der Waals surface area contributed by atoms with Gasteiger partial charge in [0.05, 0.1) is 7.11 Å². The summed E-state index contributed by atoms with van der Waals surface area (Å²) >= 11 is 0. The molecular weight excluding hydrogens is 330 g/mol. The third-order valence-electron chi connectivity index (χ3n) is 4.89. The van der Waals surface area contributed by atoms with Crippen LogP contribution in [0.2, 0.25) is 0 Å². The Labute approximate surface area is 154 Å².